The van der Waals surface area contributed by atoms with Gasteiger partial charge in [-0.15, -0.1) is 0 Å². The molecule has 3 unspecified atom stereocenters. The summed E-state index contributed by atoms with van der Waals surface area (Å²) in [6, 6.07) is -0.0815. The van der Waals surface area contributed by atoms with Gasteiger partial charge in [-0.05, 0) is 44.9 Å². The van der Waals surface area contributed by atoms with Crippen molar-refractivity contribution in [1.29, 1.82) is 0 Å². The van der Waals surface area contributed by atoms with Gasteiger partial charge in [0.25, 0.3) is 0 Å². The van der Waals surface area contributed by atoms with Gasteiger partial charge in [0.05, 0.1) is 10.9 Å². The molecule has 2 N–H and O–H groups in total. The number of rotatable bonds is 7. The Morgan fingerprint density at radius 3 is 2.30 bits per heavy atom. The lowest BCUT2D eigenvalue weighted by Crippen LogP contribution is -2.55. The predicted octanol–water partition coefficient (Wildman–Crippen LogP) is 2.51. The molecule has 5 heteroatoms. The molecule has 1 rings (SSSR count). The summed E-state index contributed by atoms with van der Waals surface area (Å²) in [7, 11) is -2.96. The maximum absolute atomic E-state index is 11.8. The van der Waals surface area contributed by atoms with Gasteiger partial charge in [0.2, 0.25) is 0 Å². The molecule has 0 bridgehead atoms. The predicted molar refractivity (Wildman–Crippen MR) is 83.5 cm³/mol. The number of hydrogen-bond donors (Lipinski definition) is 1. The van der Waals surface area contributed by atoms with E-state index in [9.17, 15) is 8.42 Å². The largest absolute Gasteiger partial charge is 0.374 e. The summed E-state index contributed by atoms with van der Waals surface area (Å²) in [6.45, 7) is 6.86. The van der Waals surface area contributed by atoms with Gasteiger partial charge in [0, 0.05) is 18.9 Å². The molecule has 4 nitrogen and oxygen atoms in total. The Balaban J connectivity index is 2.86. The maximum Gasteiger partial charge on any atom is 0.150 e. The van der Waals surface area contributed by atoms with Crippen molar-refractivity contribution in [3.63, 3.8) is 0 Å². The lowest BCUT2D eigenvalue weighted by atomic mass is 9.74. The van der Waals surface area contributed by atoms with E-state index < -0.39 is 9.84 Å². The number of ether oxygens (including phenoxy) is 1. The molecule has 0 spiro atoms. The standard InChI is InChI=1S/C15H31NO3S/c1-5-15(6-2,19-7-3)14(16)12-9-8-10-13(11-12)20(4,17)18/h12-14H,5-11,16H2,1-4H3. The highest BCUT2D eigenvalue weighted by Crippen LogP contribution is 2.37. The van der Waals surface area contributed by atoms with Crippen LogP contribution in [0, 0.1) is 5.92 Å². The van der Waals surface area contributed by atoms with Gasteiger partial charge < -0.3 is 10.5 Å². The molecule has 1 saturated carbocycles. The Kier molecular flexibility index (Phi) is 6.48. The highest BCUT2D eigenvalue weighted by Gasteiger charge is 2.41. The highest BCUT2D eigenvalue weighted by atomic mass is 32.2. The fourth-order valence-electron chi connectivity index (χ4n) is 3.63. The monoisotopic (exact) mass is 305 g/mol. The maximum atomic E-state index is 11.8. The third-order valence-corrected chi connectivity index (χ3v) is 6.66. The van der Waals surface area contributed by atoms with Gasteiger partial charge in [0.15, 0.2) is 0 Å². The Bertz CT molecular complexity index is 390. The van der Waals surface area contributed by atoms with Crippen molar-refractivity contribution < 1.29 is 13.2 Å². The first-order valence-corrected chi connectivity index (χ1v) is 9.84. The van der Waals surface area contributed by atoms with Gasteiger partial charge >= 0.3 is 0 Å². The second kappa shape index (κ2) is 7.23. The van der Waals surface area contributed by atoms with E-state index in [2.05, 4.69) is 13.8 Å². The van der Waals surface area contributed by atoms with Crippen molar-refractivity contribution in [2.45, 2.75) is 76.2 Å². The smallest absolute Gasteiger partial charge is 0.150 e. The van der Waals surface area contributed by atoms with Crippen molar-refractivity contribution >= 4 is 9.84 Å². The summed E-state index contributed by atoms with van der Waals surface area (Å²) < 4.78 is 29.6. The molecule has 0 aromatic carbocycles. The topological polar surface area (TPSA) is 69.4 Å². The molecule has 3 atom stereocenters. The molecule has 0 heterocycles. The number of sulfone groups is 1. The van der Waals surface area contributed by atoms with Crippen molar-refractivity contribution in [1.82, 2.24) is 0 Å². The van der Waals surface area contributed by atoms with Crippen LogP contribution >= 0.6 is 0 Å². The Morgan fingerprint density at radius 1 is 1.25 bits per heavy atom. The first kappa shape index (κ1) is 17.9. The quantitative estimate of drug-likeness (QED) is 0.784. The van der Waals surface area contributed by atoms with E-state index in [1.165, 1.54) is 6.26 Å². The second-order valence-electron chi connectivity index (χ2n) is 6.11. The van der Waals surface area contributed by atoms with Crippen LogP contribution in [-0.4, -0.2) is 38.2 Å². The summed E-state index contributed by atoms with van der Waals surface area (Å²) in [5.41, 5.74) is 6.21. The summed E-state index contributed by atoms with van der Waals surface area (Å²) >= 11 is 0. The van der Waals surface area contributed by atoms with Crippen molar-refractivity contribution in [2.75, 3.05) is 12.9 Å². The van der Waals surface area contributed by atoms with Crippen molar-refractivity contribution in [3.8, 4) is 0 Å². The highest BCUT2D eigenvalue weighted by molar-refractivity contribution is 7.91. The van der Waals surface area contributed by atoms with Gasteiger partial charge in [-0.25, -0.2) is 8.42 Å². The van der Waals surface area contributed by atoms with Gasteiger partial charge in [-0.3, -0.25) is 0 Å². The second-order valence-corrected chi connectivity index (χ2v) is 8.43. The van der Waals surface area contributed by atoms with Crippen molar-refractivity contribution in [3.05, 3.63) is 0 Å². The first-order valence-electron chi connectivity index (χ1n) is 7.89. The van der Waals surface area contributed by atoms with Crippen molar-refractivity contribution in [2.24, 2.45) is 11.7 Å². The Morgan fingerprint density at radius 2 is 1.85 bits per heavy atom. The van der Waals surface area contributed by atoms with Gasteiger partial charge in [-0.2, -0.15) is 0 Å². The van der Waals surface area contributed by atoms with E-state index in [4.69, 9.17) is 10.5 Å². The minimum atomic E-state index is -2.96. The normalized spacial score (nSPS) is 26.4. The molecular formula is C15H31NO3S. The third-order valence-electron chi connectivity index (χ3n) is 5.02. The van der Waals surface area contributed by atoms with Crippen LogP contribution in [0.15, 0.2) is 0 Å². The fourth-order valence-corrected chi connectivity index (χ4v) is 4.83. The zero-order valence-corrected chi connectivity index (χ0v) is 14.2. The fraction of sp³-hybridized carbons (Fsp3) is 1.00. The number of hydrogen-bond acceptors (Lipinski definition) is 4. The van der Waals surface area contributed by atoms with Crippen LogP contribution < -0.4 is 5.73 Å². The van der Waals surface area contributed by atoms with Crippen LogP contribution in [0.1, 0.15) is 59.3 Å². The molecule has 0 saturated heterocycles. The zero-order chi connectivity index (χ0) is 15.4. The van der Waals surface area contributed by atoms with Gasteiger partial charge in [0.1, 0.15) is 9.84 Å². The van der Waals surface area contributed by atoms with Crippen LogP contribution in [0.5, 0.6) is 0 Å². The van der Waals surface area contributed by atoms with E-state index >= 15 is 0 Å². The molecule has 0 radical (unpaired) electrons. The van der Waals surface area contributed by atoms with E-state index in [1.807, 2.05) is 6.92 Å². The lowest BCUT2D eigenvalue weighted by Gasteiger charge is -2.43. The molecule has 1 fully saturated rings. The SMILES string of the molecule is CCOC(CC)(CC)C(N)C1CCCC(S(C)(=O)=O)C1. The zero-order valence-electron chi connectivity index (χ0n) is 13.4. The van der Waals surface area contributed by atoms with Crippen LogP contribution in [-0.2, 0) is 14.6 Å². The third kappa shape index (κ3) is 3.95. The summed E-state index contributed by atoms with van der Waals surface area (Å²) in [5, 5.41) is -0.222. The Hall–Kier alpha value is -0.130. The molecule has 20 heavy (non-hydrogen) atoms. The summed E-state index contributed by atoms with van der Waals surface area (Å²) in [6.07, 6.45) is 6.53. The van der Waals surface area contributed by atoms with Crippen LogP contribution in [0.4, 0.5) is 0 Å². The lowest BCUT2D eigenvalue weighted by molar-refractivity contribution is -0.0788. The van der Waals surface area contributed by atoms with Crippen LogP contribution in [0.25, 0.3) is 0 Å². The van der Waals surface area contributed by atoms with E-state index in [0.717, 1.165) is 32.1 Å². The van der Waals surface area contributed by atoms with Gasteiger partial charge in [-0.1, -0.05) is 20.3 Å². The Labute approximate surface area is 124 Å². The molecule has 1 aliphatic carbocycles. The molecule has 0 amide bonds. The summed E-state index contributed by atoms with van der Waals surface area (Å²) in [4.78, 5) is 0. The molecule has 1 aliphatic rings. The van der Waals surface area contributed by atoms with Crippen LogP contribution in [0.3, 0.4) is 0 Å². The first-order chi connectivity index (χ1) is 9.30. The van der Waals surface area contributed by atoms with Crippen LogP contribution in [0.2, 0.25) is 0 Å². The molecular weight excluding hydrogens is 274 g/mol. The minimum Gasteiger partial charge on any atom is -0.374 e. The molecule has 0 aromatic rings. The van der Waals surface area contributed by atoms with E-state index in [1.54, 1.807) is 0 Å². The molecule has 0 aromatic heterocycles. The number of nitrogens with two attached hydrogens (primary N) is 1. The van der Waals surface area contributed by atoms with E-state index in [-0.39, 0.29) is 22.8 Å². The summed E-state index contributed by atoms with van der Waals surface area (Å²) in [5.74, 6) is 0.245. The molecule has 120 valence electrons. The van der Waals surface area contributed by atoms with E-state index in [0.29, 0.717) is 13.0 Å². The minimum absolute atomic E-state index is 0.0815. The average Bonchev–Trinajstić information content (AvgIpc) is 2.43. The molecule has 0 aliphatic heterocycles. The average molecular weight is 305 g/mol.